The summed E-state index contributed by atoms with van der Waals surface area (Å²) < 4.78 is 4.66. The second kappa shape index (κ2) is 10.5. The first-order valence-electron chi connectivity index (χ1n) is 10.1. The summed E-state index contributed by atoms with van der Waals surface area (Å²) >= 11 is 7.68. The summed E-state index contributed by atoms with van der Waals surface area (Å²) in [5.74, 6) is 1.06. The highest BCUT2D eigenvalue weighted by molar-refractivity contribution is 7.19. The molecule has 170 valence electrons. The number of benzene rings is 1. The molecule has 1 aromatic carbocycles. The normalized spacial score (nSPS) is 11.8. The van der Waals surface area contributed by atoms with Crippen LogP contribution in [0.15, 0.2) is 55.0 Å². The molecule has 1 amide bonds. The molecule has 4 rings (SSSR count). The second-order valence-corrected chi connectivity index (χ2v) is 8.49. The molecule has 33 heavy (non-hydrogen) atoms. The summed E-state index contributed by atoms with van der Waals surface area (Å²) in [7, 11) is 1.31. The number of hydrogen-bond donors (Lipinski definition) is 4. The van der Waals surface area contributed by atoms with E-state index in [1.54, 1.807) is 23.6 Å². The van der Waals surface area contributed by atoms with Crippen molar-refractivity contribution in [2.45, 2.75) is 6.04 Å². The van der Waals surface area contributed by atoms with Gasteiger partial charge < -0.3 is 15.8 Å². The van der Waals surface area contributed by atoms with Gasteiger partial charge in [0.2, 0.25) is 0 Å². The number of aromatic nitrogens is 4. The number of nitrogens with zero attached hydrogens (tertiary/aromatic N) is 3. The molecule has 0 radical (unpaired) electrons. The summed E-state index contributed by atoms with van der Waals surface area (Å²) in [5, 5.41) is 13.8. The van der Waals surface area contributed by atoms with Gasteiger partial charge >= 0.3 is 6.09 Å². The van der Waals surface area contributed by atoms with E-state index in [4.69, 9.17) is 17.3 Å². The number of ether oxygens (including phenoxy) is 1. The van der Waals surface area contributed by atoms with Gasteiger partial charge in [0.05, 0.1) is 18.0 Å². The zero-order valence-corrected chi connectivity index (χ0v) is 19.3. The molecule has 4 aromatic rings. The molecule has 0 aliphatic rings. The number of amides is 1. The van der Waals surface area contributed by atoms with Crippen LogP contribution in [0.5, 0.6) is 0 Å². The zero-order chi connectivity index (χ0) is 23.2. The summed E-state index contributed by atoms with van der Waals surface area (Å²) in [4.78, 5) is 22.1. The molecule has 0 aliphatic heterocycles. The highest BCUT2D eigenvalue weighted by Gasteiger charge is 2.23. The Morgan fingerprint density at radius 2 is 2.06 bits per heavy atom. The standard InChI is InChI=1S/C22H22ClN7O2S/c1-32-22(31)29-18-10-14(6-8-25-18)17-11-16(20(33-17)21-27-12-28-30-21)19(26-9-7-24)13-2-4-15(23)5-3-13/h2-6,8,10-12,19,26H,7,9,24H2,1H3,(H,25,29,31)(H,27,28,30). The minimum absolute atomic E-state index is 0.148. The van der Waals surface area contributed by atoms with Crippen molar-refractivity contribution in [2.24, 2.45) is 5.73 Å². The number of H-pyrrole nitrogens is 1. The molecule has 0 aliphatic carbocycles. The number of carbonyl (C=O) groups excluding carboxylic acids is 1. The van der Waals surface area contributed by atoms with Crippen LogP contribution >= 0.6 is 22.9 Å². The van der Waals surface area contributed by atoms with Crippen LogP contribution in [0, 0.1) is 0 Å². The van der Waals surface area contributed by atoms with Crippen molar-refractivity contribution in [1.29, 1.82) is 0 Å². The van der Waals surface area contributed by atoms with Gasteiger partial charge in [-0.25, -0.2) is 14.8 Å². The molecule has 3 aromatic heterocycles. The van der Waals surface area contributed by atoms with E-state index in [1.165, 1.54) is 13.4 Å². The first-order chi connectivity index (χ1) is 16.1. The summed E-state index contributed by atoms with van der Waals surface area (Å²) in [6.45, 7) is 1.11. The number of carbonyl (C=O) groups is 1. The van der Waals surface area contributed by atoms with Gasteiger partial charge in [0.15, 0.2) is 5.82 Å². The van der Waals surface area contributed by atoms with Crippen molar-refractivity contribution in [3.8, 4) is 21.1 Å². The number of aromatic amines is 1. The van der Waals surface area contributed by atoms with Crippen molar-refractivity contribution >= 4 is 34.8 Å². The Morgan fingerprint density at radius 1 is 1.24 bits per heavy atom. The number of thiophene rings is 1. The first-order valence-corrected chi connectivity index (χ1v) is 11.3. The lowest BCUT2D eigenvalue weighted by Crippen LogP contribution is -2.28. The number of pyridine rings is 1. The fourth-order valence-electron chi connectivity index (χ4n) is 3.36. The maximum Gasteiger partial charge on any atom is 0.412 e. The van der Waals surface area contributed by atoms with Crippen LogP contribution in [0.2, 0.25) is 5.02 Å². The molecular weight excluding hydrogens is 462 g/mol. The highest BCUT2D eigenvalue weighted by atomic mass is 35.5. The Morgan fingerprint density at radius 3 is 2.76 bits per heavy atom. The van der Waals surface area contributed by atoms with Crippen molar-refractivity contribution < 1.29 is 9.53 Å². The monoisotopic (exact) mass is 483 g/mol. The lowest BCUT2D eigenvalue weighted by Gasteiger charge is -2.19. The van der Waals surface area contributed by atoms with E-state index in [0.717, 1.165) is 26.4 Å². The maximum absolute atomic E-state index is 11.6. The maximum atomic E-state index is 11.6. The van der Waals surface area contributed by atoms with E-state index >= 15 is 0 Å². The minimum atomic E-state index is -0.581. The minimum Gasteiger partial charge on any atom is -0.453 e. The van der Waals surface area contributed by atoms with E-state index < -0.39 is 6.09 Å². The Hall–Kier alpha value is -3.31. The number of anilines is 1. The van der Waals surface area contributed by atoms with Crippen molar-refractivity contribution in [3.05, 3.63) is 71.1 Å². The third-order valence-electron chi connectivity index (χ3n) is 4.86. The molecule has 0 fully saturated rings. The number of halogens is 1. The SMILES string of the molecule is COC(=O)Nc1cc(-c2cc(C(NCCN)c3ccc(Cl)cc3)c(-c3ncn[nH]3)s2)ccn1. The lowest BCUT2D eigenvalue weighted by atomic mass is 9.98. The molecular formula is C22H22ClN7O2S. The summed E-state index contributed by atoms with van der Waals surface area (Å²) in [5.41, 5.74) is 8.74. The van der Waals surface area contributed by atoms with Gasteiger partial charge in [-0.2, -0.15) is 5.10 Å². The highest BCUT2D eigenvalue weighted by Crippen LogP contribution is 2.41. The van der Waals surface area contributed by atoms with Gasteiger partial charge in [-0.05, 0) is 47.0 Å². The van der Waals surface area contributed by atoms with Gasteiger partial charge in [0.25, 0.3) is 0 Å². The Kier molecular flexibility index (Phi) is 7.30. The van der Waals surface area contributed by atoms with Crippen LogP contribution in [0.1, 0.15) is 17.2 Å². The molecule has 1 atom stereocenters. The Labute approximate surface area is 199 Å². The third-order valence-corrected chi connectivity index (χ3v) is 6.32. The largest absolute Gasteiger partial charge is 0.453 e. The van der Waals surface area contributed by atoms with Crippen molar-refractivity contribution in [1.82, 2.24) is 25.5 Å². The smallest absolute Gasteiger partial charge is 0.412 e. The third kappa shape index (κ3) is 5.37. The van der Waals surface area contributed by atoms with E-state index in [2.05, 4.69) is 41.6 Å². The molecule has 1 unspecified atom stereocenters. The average Bonchev–Trinajstić information content (AvgIpc) is 3.51. The molecule has 11 heteroatoms. The molecule has 3 heterocycles. The van der Waals surface area contributed by atoms with E-state index in [1.807, 2.05) is 30.3 Å². The van der Waals surface area contributed by atoms with Crippen LogP contribution in [-0.4, -0.2) is 46.5 Å². The molecule has 9 nitrogen and oxygen atoms in total. The molecule has 5 N–H and O–H groups in total. The van der Waals surface area contributed by atoms with Crippen molar-refractivity contribution in [3.63, 3.8) is 0 Å². The number of nitrogens with two attached hydrogens (primary N) is 1. The van der Waals surface area contributed by atoms with Gasteiger partial charge in [0, 0.05) is 29.2 Å². The zero-order valence-electron chi connectivity index (χ0n) is 17.7. The van der Waals surface area contributed by atoms with Crippen LogP contribution in [0.4, 0.5) is 10.6 Å². The molecule has 0 bridgehead atoms. The van der Waals surface area contributed by atoms with Crippen LogP contribution in [0.3, 0.4) is 0 Å². The number of hydrogen-bond acceptors (Lipinski definition) is 8. The lowest BCUT2D eigenvalue weighted by molar-refractivity contribution is 0.187. The van der Waals surface area contributed by atoms with Gasteiger partial charge in [-0.1, -0.05) is 23.7 Å². The number of rotatable bonds is 8. The second-order valence-electron chi connectivity index (χ2n) is 7.00. The Balaban J connectivity index is 1.80. The first kappa shape index (κ1) is 22.9. The fourth-order valence-corrected chi connectivity index (χ4v) is 4.63. The van der Waals surface area contributed by atoms with Crippen LogP contribution < -0.4 is 16.4 Å². The predicted molar refractivity (Wildman–Crippen MR) is 129 cm³/mol. The topological polar surface area (TPSA) is 131 Å². The van der Waals surface area contributed by atoms with E-state index in [-0.39, 0.29) is 6.04 Å². The molecule has 0 saturated heterocycles. The molecule has 0 spiro atoms. The average molecular weight is 484 g/mol. The van der Waals surface area contributed by atoms with E-state index in [0.29, 0.717) is 29.8 Å². The number of nitrogens with one attached hydrogen (secondary N) is 3. The van der Waals surface area contributed by atoms with Gasteiger partial charge in [-0.15, -0.1) is 11.3 Å². The van der Waals surface area contributed by atoms with Gasteiger partial charge in [0.1, 0.15) is 12.1 Å². The molecule has 0 saturated carbocycles. The van der Waals surface area contributed by atoms with E-state index in [9.17, 15) is 4.79 Å². The Bertz CT molecular complexity index is 1210. The fraction of sp³-hybridized carbons (Fsp3) is 0.182. The predicted octanol–water partition coefficient (Wildman–Crippen LogP) is 4.06. The summed E-state index contributed by atoms with van der Waals surface area (Å²) in [6, 6.07) is 13.3. The van der Waals surface area contributed by atoms with Crippen molar-refractivity contribution in [2.75, 3.05) is 25.5 Å². The van der Waals surface area contributed by atoms with Crippen LogP contribution in [-0.2, 0) is 4.74 Å². The number of methoxy groups -OCH3 is 1. The van der Waals surface area contributed by atoms with Crippen LogP contribution in [0.25, 0.3) is 21.1 Å². The van der Waals surface area contributed by atoms with Gasteiger partial charge in [-0.3, -0.25) is 10.4 Å². The quantitative estimate of drug-likeness (QED) is 0.297. The summed E-state index contributed by atoms with van der Waals surface area (Å²) in [6.07, 6.45) is 2.54.